The number of hydrogen-bond acceptors (Lipinski definition) is 2. The van der Waals surface area contributed by atoms with E-state index in [9.17, 15) is 4.39 Å². The molecule has 1 rings (SSSR count). The highest BCUT2D eigenvalue weighted by Gasteiger charge is 2.10. The molecular formula is C10H11BrFNO. The average molecular weight is 260 g/mol. The number of nitrogen functional groups attached to an aromatic ring is 1. The van der Waals surface area contributed by atoms with Crippen molar-refractivity contribution in [3.63, 3.8) is 0 Å². The van der Waals surface area contributed by atoms with Crippen LogP contribution in [-0.2, 0) is 4.74 Å². The van der Waals surface area contributed by atoms with Gasteiger partial charge in [0.2, 0.25) is 0 Å². The number of benzene rings is 1. The minimum absolute atomic E-state index is 0.315. The molecule has 0 atom stereocenters. The van der Waals surface area contributed by atoms with Gasteiger partial charge in [-0.1, -0.05) is 6.58 Å². The monoisotopic (exact) mass is 259 g/mol. The van der Waals surface area contributed by atoms with Crippen molar-refractivity contribution in [2.24, 2.45) is 0 Å². The van der Waals surface area contributed by atoms with Crippen LogP contribution in [0.3, 0.4) is 0 Å². The van der Waals surface area contributed by atoms with Crippen molar-refractivity contribution < 1.29 is 9.13 Å². The molecule has 0 aliphatic rings. The molecule has 2 N–H and O–H groups in total. The van der Waals surface area contributed by atoms with Gasteiger partial charge in [-0.25, -0.2) is 4.39 Å². The molecule has 0 aromatic heterocycles. The standard InChI is InChI=1S/C10H11BrFNO/c1-3-14-6(2)10-8(11)4-7(12)5-9(10)13/h4-5H,2-3,13H2,1H3. The summed E-state index contributed by atoms with van der Waals surface area (Å²) in [6, 6.07) is 2.57. The minimum Gasteiger partial charge on any atom is -0.494 e. The van der Waals surface area contributed by atoms with E-state index in [4.69, 9.17) is 10.5 Å². The van der Waals surface area contributed by atoms with Crippen LogP contribution in [0, 0.1) is 5.82 Å². The van der Waals surface area contributed by atoms with Crippen LogP contribution in [0.2, 0.25) is 0 Å². The zero-order chi connectivity index (χ0) is 10.7. The summed E-state index contributed by atoms with van der Waals surface area (Å²) in [4.78, 5) is 0. The van der Waals surface area contributed by atoms with E-state index in [1.54, 1.807) is 0 Å². The normalized spacial score (nSPS) is 9.93. The topological polar surface area (TPSA) is 35.2 Å². The molecule has 0 bridgehead atoms. The van der Waals surface area contributed by atoms with Gasteiger partial charge in [0.25, 0.3) is 0 Å². The highest BCUT2D eigenvalue weighted by Crippen LogP contribution is 2.30. The molecule has 0 radical (unpaired) electrons. The average Bonchev–Trinajstić information content (AvgIpc) is 2.01. The summed E-state index contributed by atoms with van der Waals surface area (Å²) in [6.07, 6.45) is 0. The van der Waals surface area contributed by atoms with E-state index in [0.717, 1.165) is 0 Å². The zero-order valence-corrected chi connectivity index (χ0v) is 9.40. The van der Waals surface area contributed by atoms with Gasteiger partial charge in [0.1, 0.15) is 11.6 Å². The Morgan fingerprint density at radius 3 is 2.79 bits per heavy atom. The summed E-state index contributed by atoms with van der Waals surface area (Å²) >= 11 is 3.21. The summed E-state index contributed by atoms with van der Waals surface area (Å²) in [5, 5.41) is 0. The largest absolute Gasteiger partial charge is 0.494 e. The third kappa shape index (κ3) is 2.26. The quantitative estimate of drug-likeness (QED) is 0.669. The number of rotatable bonds is 3. The molecule has 0 unspecified atom stereocenters. The molecule has 0 aliphatic carbocycles. The number of ether oxygens (including phenoxy) is 1. The van der Waals surface area contributed by atoms with E-state index in [1.807, 2.05) is 6.92 Å². The van der Waals surface area contributed by atoms with Crippen LogP contribution in [0.5, 0.6) is 0 Å². The highest BCUT2D eigenvalue weighted by molar-refractivity contribution is 9.10. The second kappa shape index (κ2) is 4.46. The fourth-order valence-electron chi connectivity index (χ4n) is 1.13. The fourth-order valence-corrected chi connectivity index (χ4v) is 1.80. The van der Waals surface area contributed by atoms with Crippen molar-refractivity contribution in [2.45, 2.75) is 6.92 Å². The summed E-state index contributed by atoms with van der Waals surface area (Å²) in [7, 11) is 0. The van der Waals surface area contributed by atoms with Crippen molar-refractivity contribution in [1.29, 1.82) is 0 Å². The molecule has 76 valence electrons. The van der Waals surface area contributed by atoms with Gasteiger partial charge < -0.3 is 10.5 Å². The van der Waals surface area contributed by atoms with Crippen molar-refractivity contribution in [1.82, 2.24) is 0 Å². The van der Waals surface area contributed by atoms with E-state index in [1.165, 1.54) is 12.1 Å². The Kier molecular flexibility index (Phi) is 3.52. The SMILES string of the molecule is C=C(OCC)c1c(N)cc(F)cc1Br. The Hall–Kier alpha value is -1.03. The lowest BCUT2D eigenvalue weighted by atomic mass is 10.1. The Morgan fingerprint density at radius 2 is 2.29 bits per heavy atom. The number of nitrogens with two attached hydrogens (primary N) is 1. The molecule has 0 spiro atoms. The first-order chi connectivity index (χ1) is 6.56. The van der Waals surface area contributed by atoms with E-state index < -0.39 is 0 Å². The van der Waals surface area contributed by atoms with Crippen LogP contribution in [-0.4, -0.2) is 6.61 Å². The van der Waals surface area contributed by atoms with E-state index >= 15 is 0 Å². The maximum atomic E-state index is 12.9. The molecule has 0 saturated carbocycles. The number of anilines is 1. The van der Waals surface area contributed by atoms with Crippen molar-refractivity contribution in [3.8, 4) is 0 Å². The molecule has 1 aromatic rings. The zero-order valence-electron chi connectivity index (χ0n) is 7.81. The molecule has 0 heterocycles. The van der Waals surface area contributed by atoms with Gasteiger partial charge >= 0.3 is 0 Å². The van der Waals surface area contributed by atoms with Gasteiger partial charge in [0.05, 0.1) is 12.2 Å². The maximum absolute atomic E-state index is 12.9. The van der Waals surface area contributed by atoms with Crippen LogP contribution in [0.4, 0.5) is 10.1 Å². The lowest BCUT2D eigenvalue weighted by molar-refractivity contribution is 0.299. The van der Waals surface area contributed by atoms with E-state index in [-0.39, 0.29) is 5.82 Å². The molecule has 1 aromatic carbocycles. The maximum Gasteiger partial charge on any atom is 0.126 e. The third-order valence-corrected chi connectivity index (χ3v) is 2.31. The molecule has 0 fully saturated rings. The van der Waals surface area contributed by atoms with Crippen molar-refractivity contribution >= 4 is 27.4 Å². The predicted molar refractivity (Wildman–Crippen MR) is 59.2 cm³/mol. The Balaban J connectivity index is 3.14. The second-order valence-corrected chi connectivity index (χ2v) is 3.56. The van der Waals surface area contributed by atoms with Gasteiger partial charge in [-0.3, -0.25) is 0 Å². The summed E-state index contributed by atoms with van der Waals surface area (Å²) in [6.45, 7) is 6.06. The van der Waals surface area contributed by atoms with Crippen LogP contribution in [0.15, 0.2) is 23.2 Å². The highest BCUT2D eigenvalue weighted by atomic mass is 79.9. The van der Waals surface area contributed by atoms with Gasteiger partial charge in [-0.05, 0) is 35.0 Å². The van der Waals surface area contributed by atoms with Gasteiger partial charge in [-0.15, -0.1) is 0 Å². The lowest BCUT2D eigenvalue weighted by Crippen LogP contribution is -1.98. The number of halogens is 2. The smallest absolute Gasteiger partial charge is 0.126 e. The summed E-state index contributed by atoms with van der Waals surface area (Å²) < 4.78 is 18.6. The minimum atomic E-state index is -0.387. The number of hydrogen-bond donors (Lipinski definition) is 1. The van der Waals surface area contributed by atoms with Gasteiger partial charge in [0, 0.05) is 10.2 Å². The van der Waals surface area contributed by atoms with E-state index in [0.29, 0.717) is 28.1 Å². The molecule has 0 saturated heterocycles. The van der Waals surface area contributed by atoms with Crippen LogP contribution < -0.4 is 5.73 Å². The van der Waals surface area contributed by atoms with Crippen LogP contribution >= 0.6 is 15.9 Å². The Labute approximate surface area is 90.7 Å². The van der Waals surface area contributed by atoms with Crippen molar-refractivity contribution in [2.75, 3.05) is 12.3 Å². The molecule has 14 heavy (non-hydrogen) atoms. The molecule has 0 amide bonds. The first-order valence-electron chi connectivity index (χ1n) is 4.12. The third-order valence-electron chi connectivity index (χ3n) is 1.68. The molecule has 4 heteroatoms. The summed E-state index contributed by atoms with van der Waals surface area (Å²) in [5.41, 5.74) is 6.56. The predicted octanol–water partition coefficient (Wildman–Crippen LogP) is 3.18. The van der Waals surface area contributed by atoms with Crippen molar-refractivity contribution in [3.05, 3.63) is 34.6 Å². The Bertz CT molecular complexity index is 342. The second-order valence-electron chi connectivity index (χ2n) is 2.71. The summed E-state index contributed by atoms with van der Waals surface area (Å²) in [5.74, 6) is 0.0549. The fraction of sp³-hybridized carbons (Fsp3) is 0.200. The van der Waals surface area contributed by atoms with Gasteiger partial charge in [0.15, 0.2) is 0 Å². The molecule has 0 aliphatic heterocycles. The first kappa shape index (κ1) is 11.0. The van der Waals surface area contributed by atoms with E-state index in [2.05, 4.69) is 22.5 Å². The van der Waals surface area contributed by atoms with Crippen LogP contribution in [0.1, 0.15) is 12.5 Å². The first-order valence-corrected chi connectivity index (χ1v) is 4.92. The Morgan fingerprint density at radius 1 is 1.64 bits per heavy atom. The van der Waals surface area contributed by atoms with Crippen LogP contribution in [0.25, 0.3) is 5.76 Å². The molecule has 2 nitrogen and oxygen atoms in total. The van der Waals surface area contributed by atoms with Gasteiger partial charge in [-0.2, -0.15) is 0 Å². The molecular weight excluding hydrogens is 249 g/mol. The lowest BCUT2D eigenvalue weighted by Gasteiger charge is -2.11.